The number of hydrogen-bond acceptors (Lipinski definition) is 4. The van der Waals surface area contributed by atoms with Gasteiger partial charge in [0.15, 0.2) is 11.5 Å². The van der Waals surface area contributed by atoms with E-state index >= 15 is 0 Å². The zero-order chi connectivity index (χ0) is 12.4. The van der Waals surface area contributed by atoms with Gasteiger partial charge in [0.25, 0.3) is 0 Å². The van der Waals surface area contributed by atoms with E-state index in [1.165, 1.54) is 0 Å². The fourth-order valence-electron chi connectivity index (χ4n) is 1.91. The summed E-state index contributed by atoms with van der Waals surface area (Å²) in [7, 11) is 0. The van der Waals surface area contributed by atoms with Gasteiger partial charge >= 0.3 is 0 Å². The maximum absolute atomic E-state index is 5.65. The zero-order valence-corrected chi connectivity index (χ0v) is 10.0. The monoisotopic (exact) mass is 245 g/mol. The molecule has 5 nitrogen and oxygen atoms in total. The van der Waals surface area contributed by atoms with E-state index in [1.54, 1.807) is 4.68 Å². The van der Waals surface area contributed by atoms with Crippen LogP contribution in [0.4, 0.5) is 0 Å². The number of nitrogens with two attached hydrogens (primary N) is 1. The van der Waals surface area contributed by atoms with Gasteiger partial charge < -0.3 is 15.2 Å². The number of rotatable bonds is 2. The first-order valence-electron chi connectivity index (χ1n) is 6.01. The zero-order valence-electron chi connectivity index (χ0n) is 10.0. The van der Waals surface area contributed by atoms with E-state index in [9.17, 15) is 0 Å². The lowest BCUT2D eigenvalue weighted by Gasteiger charge is -2.09. The molecule has 1 aromatic carbocycles. The first-order chi connectivity index (χ1) is 8.86. The van der Waals surface area contributed by atoms with Crippen LogP contribution in [0.1, 0.15) is 12.1 Å². The first-order valence-corrected chi connectivity index (χ1v) is 6.01. The van der Waals surface area contributed by atoms with Crippen LogP contribution in [0.15, 0.2) is 30.5 Å². The molecule has 0 fully saturated rings. The van der Waals surface area contributed by atoms with Gasteiger partial charge in [0.1, 0.15) is 0 Å². The van der Waals surface area contributed by atoms with Crippen LogP contribution in [-0.2, 0) is 6.54 Å². The van der Waals surface area contributed by atoms with Crippen LogP contribution in [-0.4, -0.2) is 23.0 Å². The second kappa shape index (κ2) is 4.70. The molecule has 1 aliphatic rings. The summed E-state index contributed by atoms with van der Waals surface area (Å²) in [6, 6.07) is 7.72. The van der Waals surface area contributed by atoms with Crippen molar-refractivity contribution in [2.75, 3.05) is 13.2 Å². The molecule has 0 spiro atoms. The van der Waals surface area contributed by atoms with Crippen LogP contribution in [0.5, 0.6) is 11.5 Å². The number of hydrogen-bond donors (Lipinski definition) is 1. The fraction of sp³-hybridized carbons (Fsp3) is 0.308. The highest BCUT2D eigenvalue weighted by Crippen LogP contribution is 2.31. The average molecular weight is 245 g/mol. The second-order valence-corrected chi connectivity index (χ2v) is 4.14. The molecule has 5 heteroatoms. The minimum atomic E-state index is 0.442. The Bertz CT molecular complexity index is 551. The minimum absolute atomic E-state index is 0.442. The van der Waals surface area contributed by atoms with Crippen LogP contribution in [0.2, 0.25) is 0 Å². The Labute approximate surface area is 105 Å². The van der Waals surface area contributed by atoms with Gasteiger partial charge in [-0.15, -0.1) is 0 Å². The van der Waals surface area contributed by atoms with E-state index < -0.39 is 0 Å². The largest absolute Gasteiger partial charge is 0.490 e. The molecule has 1 aromatic heterocycles. The van der Waals surface area contributed by atoms with Crippen LogP contribution < -0.4 is 15.2 Å². The number of ether oxygens (including phenoxy) is 2. The fourth-order valence-corrected chi connectivity index (χ4v) is 1.91. The third-order valence-electron chi connectivity index (χ3n) is 2.85. The summed E-state index contributed by atoms with van der Waals surface area (Å²) in [5.41, 5.74) is 7.36. The number of benzene rings is 1. The highest BCUT2D eigenvalue weighted by molar-refractivity contribution is 5.48. The molecule has 94 valence electrons. The first kappa shape index (κ1) is 11.1. The van der Waals surface area contributed by atoms with E-state index in [0.717, 1.165) is 29.3 Å². The maximum Gasteiger partial charge on any atom is 0.163 e. The van der Waals surface area contributed by atoms with Gasteiger partial charge in [-0.2, -0.15) is 5.10 Å². The van der Waals surface area contributed by atoms with Crippen LogP contribution in [0.25, 0.3) is 5.69 Å². The van der Waals surface area contributed by atoms with Crippen molar-refractivity contribution in [2.45, 2.75) is 13.0 Å². The molecular formula is C13H15N3O2. The predicted molar refractivity (Wildman–Crippen MR) is 67.1 cm³/mol. The van der Waals surface area contributed by atoms with Crippen LogP contribution in [0.3, 0.4) is 0 Å². The minimum Gasteiger partial charge on any atom is -0.490 e. The number of fused-ring (bicyclic) bond motifs is 1. The van der Waals surface area contributed by atoms with Gasteiger partial charge in [-0.25, -0.2) is 4.68 Å². The normalized spacial score (nSPS) is 14.3. The van der Waals surface area contributed by atoms with Gasteiger partial charge in [0.05, 0.1) is 24.6 Å². The summed E-state index contributed by atoms with van der Waals surface area (Å²) in [6.07, 6.45) is 2.80. The third kappa shape index (κ3) is 2.04. The smallest absolute Gasteiger partial charge is 0.163 e. The Hall–Kier alpha value is -2.01. The molecule has 3 rings (SSSR count). The maximum atomic E-state index is 5.65. The van der Waals surface area contributed by atoms with Gasteiger partial charge in [-0.3, -0.25) is 0 Å². The molecule has 0 aliphatic carbocycles. The molecule has 1 aliphatic heterocycles. The van der Waals surface area contributed by atoms with Gasteiger partial charge in [-0.1, -0.05) is 0 Å². The van der Waals surface area contributed by atoms with Crippen molar-refractivity contribution in [1.82, 2.24) is 9.78 Å². The van der Waals surface area contributed by atoms with Crippen molar-refractivity contribution in [3.05, 3.63) is 36.2 Å². The standard InChI is InChI=1S/C13H15N3O2/c14-9-10-4-5-16(15-10)11-2-3-12-13(8-11)18-7-1-6-17-12/h2-5,8H,1,6-7,9,14H2. The predicted octanol–water partition coefficient (Wildman–Crippen LogP) is 1.49. The lowest BCUT2D eigenvalue weighted by Crippen LogP contribution is -2.01. The lowest BCUT2D eigenvalue weighted by molar-refractivity contribution is 0.297. The molecule has 0 radical (unpaired) electrons. The molecule has 2 aromatic rings. The van der Waals surface area contributed by atoms with E-state index in [0.29, 0.717) is 19.8 Å². The number of aromatic nitrogens is 2. The highest BCUT2D eigenvalue weighted by atomic mass is 16.5. The molecule has 2 N–H and O–H groups in total. The average Bonchev–Trinajstić information content (AvgIpc) is 2.76. The van der Waals surface area contributed by atoms with Gasteiger partial charge in [0, 0.05) is 25.2 Å². The van der Waals surface area contributed by atoms with E-state index in [2.05, 4.69) is 5.10 Å². The van der Waals surface area contributed by atoms with Crippen molar-refractivity contribution >= 4 is 0 Å². The topological polar surface area (TPSA) is 62.3 Å². The molecule has 2 heterocycles. The van der Waals surface area contributed by atoms with Gasteiger partial charge in [0.2, 0.25) is 0 Å². The third-order valence-corrected chi connectivity index (χ3v) is 2.85. The summed E-state index contributed by atoms with van der Waals surface area (Å²) in [6.45, 7) is 1.83. The van der Waals surface area contributed by atoms with E-state index in [1.807, 2.05) is 30.5 Å². The lowest BCUT2D eigenvalue weighted by atomic mass is 10.3. The Morgan fingerprint density at radius 3 is 2.78 bits per heavy atom. The molecule has 0 bridgehead atoms. The van der Waals surface area contributed by atoms with Crippen molar-refractivity contribution in [3.63, 3.8) is 0 Å². The van der Waals surface area contributed by atoms with Crippen LogP contribution >= 0.6 is 0 Å². The van der Waals surface area contributed by atoms with E-state index in [-0.39, 0.29) is 0 Å². The van der Waals surface area contributed by atoms with Gasteiger partial charge in [-0.05, 0) is 18.2 Å². The Morgan fingerprint density at radius 2 is 2.00 bits per heavy atom. The van der Waals surface area contributed by atoms with Crippen molar-refractivity contribution in [2.24, 2.45) is 5.73 Å². The SMILES string of the molecule is NCc1ccn(-c2ccc3c(c2)OCCCO3)n1. The summed E-state index contributed by atoms with van der Waals surface area (Å²) >= 11 is 0. The molecule has 0 saturated carbocycles. The van der Waals surface area contributed by atoms with Crippen molar-refractivity contribution in [1.29, 1.82) is 0 Å². The second-order valence-electron chi connectivity index (χ2n) is 4.14. The quantitative estimate of drug-likeness (QED) is 0.870. The van der Waals surface area contributed by atoms with Crippen molar-refractivity contribution in [3.8, 4) is 17.2 Å². The molecule has 0 amide bonds. The Morgan fingerprint density at radius 1 is 1.17 bits per heavy atom. The van der Waals surface area contributed by atoms with E-state index in [4.69, 9.17) is 15.2 Å². The molecule has 0 atom stereocenters. The molecule has 0 unspecified atom stereocenters. The Balaban J connectivity index is 1.95. The van der Waals surface area contributed by atoms with Crippen molar-refractivity contribution < 1.29 is 9.47 Å². The summed E-state index contributed by atoms with van der Waals surface area (Å²) in [5.74, 6) is 1.57. The molecular weight excluding hydrogens is 230 g/mol. The number of nitrogens with zero attached hydrogens (tertiary/aromatic N) is 2. The Kier molecular flexibility index (Phi) is 2.90. The molecule has 0 saturated heterocycles. The summed E-state index contributed by atoms with van der Waals surface area (Å²) in [5, 5.41) is 4.37. The highest BCUT2D eigenvalue weighted by Gasteiger charge is 2.11. The molecule has 18 heavy (non-hydrogen) atoms. The summed E-state index contributed by atoms with van der Waals surface area (Å²) < 4.78 is 13.0. The van der Waals surface area contributed by atoms with Crippen LogP contribution in [0, 0.1) is 0 Å². The summed E-state index contributed by atoms with van der Waals surface area (Å²) in [4.78, 5) is 0.